The standard InChI is InChI=1S/C17H14O4/c1-9-6-11(8-14(18)19)17-13(7-9)15(20)12-5-3-4-10(2)16(12)21-17/h3-7H,8H2,1-2H3,(H,18,19). The van der Waals surface area contributed by atoms with Gasteiger partial charge in [-0.1, -0.05) is 18.2 Å². The van der Waals surface area contributed by atoms with Crippen molar-refractivity contribution in [2.24, 2.45) is 0 Å². The lowest BCUT2D eigenvalue weighted by atomic mass is 10.0. The second kappa shape index (κ2) is 4.74. The second-order valence-electron chi connectivity index (χ2n) is 5.25. The molecule has 0 radical (unpaired) electrons. The normalized spacial score (nSPS) is 11.1. The van der Waals surface area contributed by atoms with E-state index in [-0.39, 0.29) is 11.8 Å². The third kappa shape index (κ3) is 2.18. The molecule has 3 rings (SSSR count). The molecule has 0 amide bonds. The van der Waals surface area contributed by atoms with Crippen LogP contribution in [0.2, 0.25) is 0 Å². The molecule has 0 fully saturated rings. The zero-order chi connectivity index (χ0) is 15.1. The van der Waals surface area contributed by atoms with E-state index < -0.39 is 5.97 Å². The highest BCUT2D eigenvalue weighted by Gasteiger charge is 2.14. The van der Waals surface area contributed by atoms with Gasteiger partial charge >= 0.3 is 5.97 Å². The van der Waals surface area contributed by atoms with Gasteiger partial charge in [0.1, 0.15) is 11.2 Å². The van der Waals surface area contributed by atoms with Crippen molar-refractivity contribution in [3.8, 4) is 0 Å². The number of carbonyl (C=O) groups is 1. The summed E-state index contributed by atoms with van der Waals surface area (Å²) in [6, 6.07) is 8.90. The number of fused-ring (bicyclic) bond motifs is 2. The first-order valence-corrected chi connectivity index (χ1v) is 6.65. The molecule has 0 aliphatic carbocycles. The molecule has 0 saturated carbocycles. The van der Waals surface area contributed by atoms with E-state index in [4.69, 9.17) is 9.52 Å². The summed E-state index contributed by atoms with van der Waals surface area (Å²) in [5, 5.41) is 9.99. The Morgan fingerprint density at radius 2 is 1.90 bits per heavy atom. The van der Waals surface area contributed by atoms with E-state index in [1.807, 2.05) is 26.0 Å². The summed E-state index contributed by atoms with van der Waals surface area (Å²) in [4.78, 5) is 23.6. The average molecular weight is 282 g/mol. The Morgan fingerprint density at radius 1 is 1.14 bits per heavy atom. The van der Waals surface area contributed by atoms with Gasteiger partial charge < -0.3 is 9.52 Å². The molecule has 0 aliphatic rings. The van der Waals surface area contributed by atoms with Crippen molar-refractivity contribution in [2.45, 2.75) is 20.3 Å². The first-order chi connectivity index (χ1) is 9.97. The average Bonchev–Trinajstić information content (AvgIpc) is 2.41. The smallest absolute Gasteiger partial charge is 0.307 e. The van der Waals surface area contributed by atoms with Gasteiger partial charge in [-0.3, -0.25) is 9.59 Å². The van der Waals surface area contributed by atoms with Crippen LogP contribution in [-0.2, 0) is 11.2 Å². The summed E-state index contributed by atoms with van der Waals surface area (Å²) < 4.78 is 5.88. The van der Waals surface area contributed by atoms with Crippen LogP contribution in [0.5, 0.6) is 0 Å². The number of carboxylic acid groups (broad SMARTS) is 1. The van der Waals surface area contributed by atoms with Gasteiger partial charge in [0.25, 0.3) is 0 Å². The van der Waals surface area contributed by atoms with Gasteiger partial charge in [0.2, 0.25) is 5.43 Å². The van der Waals surface area contributed by atoms with Gasteiger partial charge in [-0.05, 0) is 37.1 Å². The van der Waals surface area contributed by atoms with Crippen molar-refractivity contribution < 1.29 is 14.3 Å². The van der Waals surface area contributed by atoms with Crippen LogP contribution in [0.4, 0.5) is 0 Å². The molecule has 0 atom stereocenters. The van der Waals surface area contributed by atoms with E-state index in [0.29, 0.717) is 27.5 Å². The second-order valence-corrected chi connectivity index (χ2v) is 5.25. The molecule has 2 aromatic carbocycles. The van der Waals surface area contributed by atoms with E-state index in [1.54, 1.807) is 18.2 Å². The minimum absolute atomic E-state index is 0.120. The van der Waals surface area contributed by atoms with Crippen LogP contribution in [0, 0.1) is 13.8 Å². The van der Waals surface area contributed by atoms with E-state index in [9.17, 15) is 9.59 Å². The highest BCUT2D eigenvalue weighted by molar-refractivity contribution is 5.93. The summed E-state index contributed by atoms with van der Waals surface area (Å²) in [6.07, 6.45) is -0.168. The van der Waals surface area contributed by atoms with Crippen molar-refractivity contribution in [3.63, 3.8) is 0 Å². The predicted octanol–water partition coefficient (Wildman–Crippen LogP) is 3.19. The fraction of sp³-hybridized carbons (Fsp3) is 0.176. The zero-order valence-electron chi connectivity index (χ0n) is 11.8. The van der Waals surface area contributed by atoms with E-state index in [2.05, 4.69) is 0 Å². The van der Waals surface area contributed by atoms with E-state index >= 15 is 0 Å². The molecule has 0 saturated heterocycles. The van der Waals surface area contributed by atoms with Crippen molar-refractivity contribution in [1.82, 2.24) is 0 Å². The molecule has 4 nitrogen and oxygen atoms in total. The van der Waals surface area contributed by atoms with Crippen LogP contribution in [0.25, 0.3) is 21.9 Å². The first-order valence-electron chi connectivity index (χ1n) is 6.65. The van der Waals surface area contributed by atoms with Crippen LogP contribution in [0.3, 0.4) is 0 Å². The lowest BCUT2D eigenvalue weighted by molar-refractivity contribution is -0.136. The zero-order valence-corrected chi connectivity index (χ0v) is 11.8. The minimum Gasteiger partial charge on any atom is -0.481 e. The molecule has 0 bridgehead atoms. The number of rotatable bonds is 2. The molecule has 0 unspecified atom stereocenters. The van der Waals surface area contributed by atoms with Crippen LogP contribution in [-0.4, -0.2) is 11.1 Å². The number of aryl methyl sites for hydroxylation is 2. The Kier molecular flexibility index (Phi) is 3.01. The van der Waals surface area contributed by atoms with E-state index in [0.717, 1.165) is 11.1 Å². The Bertz CT molecular complexity index is 935. The van der Waals surface area contributed by atoms with Crippen LogP contribution in [0.1, 0.15) is 16.7 Å². The monoisotopic (exact) mass is 282 g/mol. The van der Waals surface area contributed by atoms with Crippen molar-refractivity contribution in [1.29, 1.82) is 0 Å². The SMILES string of the molecule is Cc1cc(CC(=O)O)c2oc3c(C)cccc3c(=O)c2c1. The van der Waals surface area contributed by atoms with Crippen LogP contribution >= 0.6 is 0 Å². The maximum Gasteiger partial charge on any atom is 0.307 e. The van der Waals surface area contributed by atoms with Gasteiger partial charge in [-0.15, -0.1) is 0 Å². The summed E-state index contributed by atoms with van der Waals surface area (Å²) >= 11 is 0. The van der Waals surface area contributed by atoms with E-state index in [1.165, 1.54) is 0 Å². The third-order valence-electron chi connectivity index (χ3n) is 3.56. The molecule has 4 heteroatoms. The number of para-hydroxylation sites is 1. The van der Waals surface area contributed by atoms with Gasteiger partial charge in [0.15, 0.2) is 0 Å². The highest BCUT2D eigenvalue weighted by atomic mass is 16.4. The molecule has 0 spiro atoms. The van der Waals surface area contributed by atoms with Crippen LogP contribution in [0.15, 0.2) is 39.5 Å². The molecule has 3 aromatic rings. The maximum absolute atomic E-state index is 12.6. The van der Waals surface area contributed by atoms with Gasteiger partial charge in [0.05, 0.1) is 17.2 Å². The first kappa shape index (κ1) is 13.4. The number of benzene rings is 2. The quantitative estimate of drug-likeness (QED) is 0.733. The van der Waals surface area contributed by atoms with Crippen molar-refractivity contribution in [3.05, 3.63) is 57.2 Å². The molecule has 106 valence electrons. The third-order valence-corrected chi connectivity index (χ3v) is 3.56. The summed E-state index contributed by atoms with van der Waals surface area (Å²) in [6.45, 7) is 3.70. The lowest BCUT2D eigenvalue weighted by Crippen LogP contribution is -2.07. The summed E-state index contributed by atoms with van der Waals surface area (Å²) in [5.74, 6) is -0.950. The molecule has 1 N–H and O–H groups in total. The molecule has 21 heavy (non-hydrogen) atoms. The summed E-state index contributed by atoms with van der Waals surface area (Å²) in [7, 11) is 0. The topological polar surface area (TPSA) is 67.5 Å². The molecule has 0 aliphatic heterocycles. The molecular weight excluding hydrogens is 268 g/mol. The minimum atomic E-state index is -0.950. The Hall–Kier alpha value is -2.62. The lowest BCUT2D eigenvalue weighted by Gasteiger charge is -2.08. The Morgan fingerprint density at radius 3 is 2.62 bits per heavy atom. The Labute approximate surface area is 120 Å². The predicted molar refractivity (Wildman–Crippen MR) is 80.8 cm³/mol. The fourth-order valence-electron chi connectivity index (χ4n) is 2.65. The highest BCUT2D eigenvalue weighted by Crippen LogP contribution is 2.25. The summed E-state index contributed by atoms with van der Waals surface area (Å²) in [5.41, 5.74) is 3.00. The van der Waals surface area contributed by atoms with Gasteiger partial charge in [0, 0.05) is 5.56 Å². The van der Waals surface area contributed by atoms with Gasteiger partial charge in [-0.25, -0.2) is 0 Å². The number of hydrogen-bond donors (Lipinski definition) is 1. The fourth-order valence-corrected chi connectivity index (χ4v) is 2.65. The Balaban J connectivity index is 2.51. The van der Waals surface area contributed by atoms with Gasteiger partial charge in [-0.2, -0.15) is 0 Å². The van der Waals surface area contributed by atoms with Crippen molar-refractivity contribution in [2.75, 3.05) is 0 Å². The van der Waals surface area contributed by atoms with Crippen molar-refractivity contribution >= 4 is 27.9 Å². The molecule has 1 heterocycles. The maximum atomic E-state index is 12.6. The number of aliphatic carboxylic acids is 1. The largest absolute Gasteiger partial charge is 0.481 e. The number of hydrogen-bond acceptors (Lipinski definition) is 3. The number of carboxylic acids is 1. The molecule has 1 aromatic heterocycles. The van der Waals surface area contributed by atoms with Crippen LogP contribution < -0.4 is 5.43 Å². The molecular formula is C17H14O4.